The zero-order valence-electron chi connectivity index (χ0n) is 6.19. The first kappa shape index (κ1) is 11.0. The van der Waals surface area contributed by atoms with Gasteiger partial charge in [0.2, 0.25) is 0 Å². The van der Waals surface area contributed by atoms with Gasteiger partial charge < -0.3 is 0 Å². The topological polar surface area (TPSA) is 26.0 Å². The third-order valence-corrected chi connectivity index (χ3v) is 3.32. The number of hydrogen-bond acceptors (Lipinski definition) is 1. The first-order valence-corrected chi connectivity index (χ1v) is 5.38. The van der Waals surface area contributed by atoms with Crippen molar-refractivity contribution in [2.75, 3.05) is 6.54 Å². The van der Waals surface area contributed by atoms with E-state index in [0.717, 1.165) is 11.9 Å². The number of nitrogens with two attached hydrogens (primary N) is 1. The van der Waals surface area contributed by atoms with Gasteiger partial charge in [0.15, 0.2) is 0 Å². The Bertz CT molecular complexity index is 179. The molecule has 0 aliphatic carbocycles. The molecule has 11 heavy (non-hydrogen) atoms. The predicted molar refractivity (Wildman–Crippen MR) is 52.9 cm³/mol. The Morgan fingerprint density at radius 3 is 2.36 bits per heavy atom. The van der Waals surface area contributed by atoms with Crippen molar-refractivity contribution in [2.45, 2.75) is 5.32 Å². The van der Waals surface area contributed by atoms with E-state index < -0.39 is 0 Å². The van der Waals surface area contributed by atoms with Crippen LogP contribution in [0.15, 0.2) is 30.3 Å². The van der Waals surface area contributed by atoms with Gasteiger partial charge in [0.05, 0.1) is 0 Å². The molecule has 0 aliphatic heterocycles. The molecule has 0 spiro atoms. The summed E-state index contributed by atoms with van der Waals surface area (Å²) in [4.78, 5) is 0. The predicted octanol–water partition coefficient (Wildman–Crippen LogP) is 0.815. The van der Waals surface area contributed by atoms with Crippen molar-refractivity contribution in [3.05, 3.63) is 30.3 Å². The van der Waals surface area contributed by atoms with Gasteiger partial charge in [0.1, 0.15) is 0 Å². The van der Waals surface area contributed by atoms with E-state index in [2.05, 4.69) is 24.3 Å². The Morgan fingerprint density at radius 2 is 1.82 bits per heavy atom. The second-order valence-electron chi connectivity index (χ2n) is 1.95. The summed E-state index contributed by atoms with van der Waals surface area (Å²) in [6, 6.07) is 10.5. The molecule has 0 bridgehead atoms. The molecule has 0 fully saturated rings. The zero-order chi connectivity index (χ0) is 7.23. The number of rotatable bonds is 3. The van der Waals surface area contributed by atoms with Gasteiger partial charge in [0.25, 0.3) is 0 Å². The quantitative estimate of drug-likeness (QED) is 0.773. The van der Waals surface area contributed by atoms with Gasteiger partial charge in [-0.3, -0.25) is 0 Å². The van der Waals surface area contributed by atoms with Crippen molar-refractivity contribution >= 4 is 31.8 Å². The van der Waals surface area contributed by atoms with Crippen LogP contribution in [0.2, 0.25) is 5.32 Å². The molecule has 0 saturated heterocycles. The van der Waals surface area contributed by atoms with Crippen LogP contribution in [-0.4, -0.2) is 21.5 Å². The summed E-state index contributed by atoms with van der Waals surface area (Å²) in [6.45, 7) is 0.814. The van der Waals surface area contributed by atoms with Gasteiger partial charge in [-0.15, -0.1) is 12.4 Å². The van der Waals surface area contributed by atoms with Gasteiger partial charge in [0, 0.05) is 0 Å². The van der Waals surface area contributed by atoms with Gasteiger partial charge in [-0.25, -0.2) is 0 Å². The van der Waals surface area contributed by atoms with Crippen molar-refractivity contribution in [3.63, 3.8) is 0 Å². The van der Waals surface area contributed by atoms with Crippen molar-refractivity contribution in [1.29, 1.82) is 0 Å². The fraction of sp³-hybridized carbons (Fsp3) is 0.250. The summed E-state index contributed by atoms with van der Waals surface area (Å²) in [6.07, 6.45) is 0. The second-order valence-corrected chi connectivity index (χ2v) is 4.40. The van der Waals surface area contributed by atoms with Crippen molar-refractivity contribution < 1.29 is 0 Å². The summed E-state index contributed by atoms with van der Waals surface area (Å²) < 4.78 is 1.44. The molecule has 0 unspecified atom stereocenters. The van der Waals surface area contributed by atoms with E-state index in [9.17, 15) is 0 Å². The number of hydrogen-bond donors (Lipinski definition) is 1. The molecule has 3 heteroatoms. The Labute approximate surface area is 79.9 Å². The molecule has 1 nitrogen and oxygen atoms in total. The Kier molecular flexibility index (Phi) is 6.68. The molecule has 0 aliphatic rings. The van der Waals surface area contributed by atoms with Gasteiger partial charge in [-0.1, -0.05) is 0 Å². The summed E-state index contributed by atoms with van der Waals surface area (Å²) >= 11 is 0.593. The molecule has 1 rings (SSSR count). The van der Waals surface area contributed by atoms with E-state index in [4.69, 9.17) is 5.73 Å². The molecule has 0 radical (unpaired) electrons. The van der Waals surface area contributed by atoms with Crippen LogP contribution in [0, 0.1) is 0 Å². The van der Waals surface area contributed by atoms with Crippen molar-refractivity contribution in [2.24, 2.45) is 5.73 Å². The van der Waals surface area contributed by atoms with E-state index in [1.54, 1.807) is 0 Å². The number of benzene rings is 1. The van der Waals surface area contributed by atoms with Gasteiger partial charge >= 0.3 is 67.3 Å². The monoisotopic (exact) mass is 237 g/mol. The Hall–Kier alpha value is -0.0105. The van der Waals surface area contributed by atoms with Crippen LogP contribution in [0.3, 0.4) is 0 Å². The van der Waals surface area contributed by atoms with Gasteiger partial charge in [-0.05, 0) is 0 Å². The fourth-order valence-electron chi connectivity index (χ4n) is 0.693. The molecule has 1 aromatic carbocycles. The van der Waals surface area contributed by atoms with Gasteiger partial charge in [-0.2, -0.15) is 0 Å². The molecule has 62 valence electrons. The summed E-state index contributed by atoms with van der Waals surface area (Å²) in [5, 5.41) is 1.15. The van der Waals surface area contributed by atoms with Crippen LogP contribution in [-0.2, 0) is 0 Å². The third kappa shape index (κ3) is 4.44. The minimum atomic E-state index is 0. The SMILES string of the molecule is Cl.NCC[Se]c1ccccc1. The molecule has 1 aromatic rings. The van der Waals surface area contributed by atoms with Crippen LogP contribution >= 0.6 is 12.4 Å². The van der Waals surface area contributed by atoms with Crippen LogP contribution in [0.25, 0.3) is 0 Å². The average molecular weight is 237 g/mol. The molecular weight excluding hydrogens is 225 g/mol. The normalized spacial score (nSPS) is 8.82. The van der Waals surface area contributed by atoms with Crippen molar-refractivity contribution in [1.82, 2.24) is 0 Å². The third-order valence-electron chi connectivity index (χ3n) is 1.13. The van der Waals surface area contributed by atoms with Crippen LogP contribution < -0.4 is 10.2 Å². The van der Waals surface area contributed by atoms with E-state index >= 15 is 0 Å². The van der Waals surface area contributed by atoms with E-state index in [1.807, 2.05) is 6.07 Å². The Morgan fingerprint density at radius 1 is 1.18 bits per heavy atom. The molecular formula is C8H12ClNSe. The summed E-state index contributed by atoms with van der Waals surface area (Å²) in [5.74, 6) is 0. The van der Waals surface area contributed by atoms with E-state index in [1.165, 1.54) is 4.46 Å². The maximum absolute atomic E-state index is 5.39. The fourth-order valence-corrected chi connectivity index (χ4v) is 2.17. The Balaban J connectivity index is 0.000001000. The molecule has 0 heterocycles. The summed E-state index contributed by atoms with van der Waals surface area (Å²) in [7, 11) is 0. The first-order valence-electron chi connectivity index (χ1n) is 3.31. The molecule has 0 aromatic heterocycles. The molecule has 2 N–H and O–H groups in total. The molecule has 0 atom stereocenters. The number of halogens is 1. The van der Waals surface area contributed by atoms with Crippen LogP contribution in [0.4, 0.5) is 0 Å². The van der Waals surface area contributed by atoms with Crippen LogP contribution in [0.1, 0.15) is 0 Å². The second kappa shape index (κ2) is 6.68. The molecule has 0 amide bonds. The van der Waals surface area contributed by atoms with Crippen molar-refractivity contribution in [3.8, 4) is 0 Å². The summed E-state index contributed by atoms with van der Waals surface area (Å²) in [5.41, 5.74) is 5.39. The van der Waals surface area contributed by atoms with E-state index in [-0.39, 0.29) is 12.4 Å². The maximum atomic E-state index is 5.39. The van der Waals surface area contributed by atoms with E-state index in [0.29, 0.717) is 15.0 Å². The minimum absolute atomic E-state index is 0. The van der Waals surface area contributed by atoms with Crippen LogP contribution in [0.5, 0.6) is 0 Å². The average Bonchev–Trinajstić information content (AvgIpc) is 2.03. The first-order chi connectivity index (χ1) is 4.93. The zero-order valence-corrected chi connectivity index (χ0v) is 8.72. The molecule has 0 saturated carbocycles. The standard InChI is InChI=1S/C8H11NSe.ClH/c9-6-7-10-8-4-2-1-3-5-8;/h1-5H,6-7,9H2;1H.